The molecular weight excluding hydrogens is 390 g/mol. The van der Waals surface area contributed by atoms with Gasteiger partial charge in [0.15, 0.2) is 0 Å². The number of aromatic amines is 1. The van der Waals surface area contributed by atoms with Gasteiger partial charge < -0.3 is 5.32 Å². The predicted octanol–water partition coefficient (Wildman–Crippen LogP) is 2.68. The number of aromatic nitrogens is 5. The topological polar surface area (TPSA) is 129 Å². The second-order valence-corrected chi connectivity index (χ2v) is 8.07. The Kier molecular flexibility index (Phi) is 4.58. The van der Waals surface area contributed by atoms with E-state index < -0.39 is 10.0 Å². The maximum Gasteiger partial charge on any atom is 0.268 e. The van der Waals surface area contributed by atoms with Crippen LogP contribution in [0.15, 0.2) is 65.8 Å². The molecule has 0 saturated heterocycles. The van der Waals surface area contributed by atoms with E-state index in [2.05, 4.69) is 25.9 Å². The van der Waals surface area contributed by atoms with Crippen LogP contribution < -0.4 is 5.32 Å². The summed E-state index contributed by atoms with van der Waals surface area (Å²) in [6.07, 6.45) is 2.99. The Morgan fingerprint density at radius 3 is 2.69 bits per heavy atom. The van der Waals surface area contributed by atoms with Gasteiger partial charge in [-0.05, 0) is 48.5 Å². The van der Waals surface area contributed by atoms with E-state index in [4.69, 9.17) is 0 Å². The smallest absolute Gasteiger partial charge is 0.268 e. The molecule has 2 N–H and O–H groups in total. The van der Waals surface area contributed by atoms with Gasteiger partial charge in [0.25, 0.3) is 10.0 Å². The van der Waals surface area contributed by atoms with Crippen molar-refractivity contribution in [2.75, 3.05) is 5.32 Å². The minimum Gasteiger partial charge on any atom is -0.360 e. The first-order chi connectivity index (χ1) is 14.0. The van der Waals surface area contributed by atoms with Crippen LogP contribution in [0.1, 0.15) is 11.4 Å². The molecule has 0 unspecified atom stereocenters. The van der Waals surface area contributed by atoms with Gasteiger partial charge in [-0.25, -0.2) is 12.4 Å². The monoisotopic (exact) mass is 405 g/mol. The molecule has 0 atom stereocenters. The van der Waals surface area contributed by atoms with E-state index in [0.29, 0.717) is 11.2 Å². The number of nitrogens with one attached hydrogen (secondary N) is 2. The molecule has 0 fully saturated rings. The van der Waals surface area contributed by atoms with Crippen molar-refractivity contribution >= 4 is 32.2 Å². The van der Waals surface area contributed by atoms with Crippen LogP contribution in [-0.4, -0.2) is 33.0 Å². The number of nitriles is 1. The highest BCUT2D eigenvalue weighted by Crippen LogP contribution is 2.25. The molecule has 10 heteroatoms. The van der Waals surface area contributed by atoms with E-state index >= 15 is 0 Å². The van der Waals surface area contributed by atoms with Gasteiger partial charge in [-0.3, -0.25) is 0 Å². The van der Waals surface area contributed by atoms with Gasteiger partial charge >= 0.3 is 0 Å². The van der Waals surface area contributed by atoms with E-state index in [0.717, 1.165) is 10.9 Å². The first-order valence-corrected chi connectivity index (χ1v) is 9.97. The zero-order valence-corrected chi connectivity index (χ0v) is 16.1. The van der Waals surface area contributed by atoms with Crippen LogP contribution in [-0.2, 0) is 10.0 Å². The van der Waals surface area contributed by atoms with Crippen molar-refractivity contribution in [1.29, 1.82) is 5.26 Å². The number of benzene rings is 2. The second kappa shape index (κ2) is 7.21. The van der Waals surface area contributed by atoms with Crippen molar-refractivity contribution in [3.05, 3.63) is 72.3 Å². The fourth-order valence-electron chi connectivity index (χ4n) is 2.82. The quantitative estimate of drug-likeness (QED) is 0.488. The van der Waals surface area contributed by atoms with Crippen molar-refractivity contribution < 1.29 is 8.42 Å². The van der Waals surface area contributed by atoms with E-state index in [-0.39, 0.29) is 16.3 Å². The van der Waals surface area contributed by atoms with Gasteiger partial charge in [0.1, 0.15) is 11.6 Å². The Morgan fingerprint density at radius 2 is 2.00 bits per heavy atom. The lowest BCUT2D eigenvalue weighted by atomic mass is 10.2. The molecule has 4 aromatic rings. The molecule has 144 valence electrons. The second-order valence-electron chi connectivity index (χ2n) is 6.25. The van der Waals surface area contributed by atoms with E-state index in [1.165, 1.54) is 16.4 Å². The minimum absolute atomic E-state index is 0.177. The molecule has 2 aromatic carbocycles. The summed E-state index contributed by atoms with van der Waals surface area (Å²) in [5.74, 6) is 0.177. The lowest BCUT2D eigenvalue weighted by Gasteiger charge is -2.08. The number of tetrazole rings is 1. The Hall–Kier alpha value is -3.97. The van der Waals surface area contributed by atoms with E-state index in [1.54, 1.807) is 48.5 Å². The summed E-state index contributed by atoms with van der Waals surface area (Å²) in [7, 11) is -3.70. The summed E-state index contributed by atoms with van der Waals surface area (Å²) in [6, 6.07) is 15.7. The lowest BCUT2D eigenvalue weighted by molar-refractivity contribution is 0.589. The highest BCUT2D eigenvalue weighted by Gasteiger charge is 2.18. The summed E-state index contributed by atoms with van der Waals surface area (Å²) in [5, 5.41) is 26.2. The van der Waals surface area contributed by atoms with Crippen LogP contribution in [0.3, 0.4) is 0 Å². The molecular formula is C19H15N7O2S. The number of anilines is 1. The van der Waals surface area contributed by atoms with Gasteiger partial charge in [-0.1, -0.05) is 17.7 Å². The van der Waals surface area contributed by atoms with E-state index in [1.807, 2.05) is 13.0 Å². The number of H-pyrrole nitrogens is 1. The average molecular weight is 405 g/mol. The number of hydrogen-bond acceptors (Lipinski definition) is 7. The number of fused-ring (bicyclic) bond motifs is 1. The van der Waals surface area contributed by atoms with Gasteiger partial charge in [0.2, 0.25) is 5.82 Å². The van der Waals surface area contributed by atoms with Gasteiger partial charge in [0, 0.05) is 23.5 Å². The molecule has 0 aliphatic carbocycles. The van der Waals surface area contributed by atoms with Crippen LogP contribution in [0.5, 0.6) is 0 Å². The fourth-order valence-corrected chi connectivity index (χ4v) is 4.17. The molecule has 4 rings (SSSR count). The first-order valence-electron chi connectivity index (χ1n) is 8.53. The Morgan fingerprint density at radius 1 is 1.21 bits per heavy atom. The summed E-state index contributed by atoms with van der Waals surface area (Å²) in [6.45, 7) is 1.90. The zero-order chi connectivity index (χ0) is 20.4. The van der Waals surface area contributed by atoms with E-state index in [9.17, 15) is 13.7 Å². The van der Waals surface area contributed by atoms with Gasteiger partial charge in [0.05, 0.1) is 10.4 Å². The maximum atomic E-state index is 13.0. The summed E-state index contributed by atoms with van der Waals surface area (Å²) >= 11 is 0. The first kappa shape index (κ1) is 18.4. The number of rotatable bonds is 5. The molecule has 0 aliphatic heterocycles. The fraction of sp³-hybridized carbons (Fsp3) is 0.0526. The molecule has 9 nitrogen and oxygen atoms in total. The predicted molar refractivity (Wildman–Crippen MR) is 107 cm³/mol. The van der Waals surface area contributed by atoms with Gasteiger partial charge in [-0.15, -0.1) is 10.2 Å². The number of aryl methyl sites for hydroxylation is 1. The Balaban J connectivity index is 1.66. The number of allylic oxidation sites excluding steroid dienone is 1. The summed E-state index contributed by atoms with van der Waals surface area (Å²) in [5.41, 5.74) is 2.43. The van der Waals surface area contributed by atoms with Crippen LogP contribution in [0.4, 0.5) is 5.69 Å². The molecule has 0 radical (unpaired) electrons. The number of nitrogens with zero attached hydrogens (tertiary/aromatic N) is 5. The van der Waals surface area contributed by atoms with Crippen molar-refractivity contribution in [3.8, 4) is 6.07 Å². The van der Waals surface area contributed by atoms with Crippen molar-refractivity contribution in [2.45, 2.75) is 11.8 Å². The standard InChI is InChI=1S/C19H15N7O2S/c1-13-2-5-17(6-3-13)29(27,28)26-9-8-14-10-16(4-7-18(14)26)21-12-15(11-20)19-22-24-25-23-19/h2-10,12,21H,1H3,(H,22,23,24,25). The highest BCUT2D eigenvalue weighted by molar-refractivity contribution is 7.90. The van der Waals surface area contributed by atoms with Gasteiger partial charge in [-0.2, -0.15) is 10.5 Å². The lowest BCUT2D eigenvalue weighted by Crippen LogP contribution is -2.11. The largest absolute Gasteiger partial charge is 0.360 e. The third kappa shape index (κ3) is 3.46. The Labute approximate surface area is 166 Å². The third-order valence-corrected chi connectivity index (χ3v) is 6.03. The van der Waals surface area contributed by atoms with Crippen molar-refractivity contribution in [1.82, 2.24) is 24.6 Å². The van der Waals surface area contributed by atoms with Crippen LogP contribution >= 0.6 is 0 Å². The summed E-state index contributed by atoms with van der Waals surface area (Å²) < 4.78 is 27.2. The molecule has 2 heterocycles. The van der Waals surface area contributed by atoms with Crippen LogP contribution in [0, 0.1) is 18.3 Å². The number of hydrogen-bond donors (Lipinski definition) is 2. The van der Waals surface area contributed by atoms with Crippen LogP contribution in [0.25, 0.3) is 16.5 Å². The molecule has 0 saturated carbocycles. The van der Waals surface area contributed by atoms with Crippen molar-refractivity contribution in [2.24, 2.45) is 0 Å². The molecule has 0 spiro atoms. The molecule has 29 heavy (non-hydrogen) atoms. The maximum absolute atomic E-state index is 13.0. The van der Waals surface area contributed by atoms with Crippen molar-refractivity contribution in [3.63, 3.8) is 0 Å². The average Bonchev–Trinajstić information content (AvgIpc) is 3.39. The molecule has 0 bridgehead atoms. The summed E-state index contributed by atoms with van der Waals surface area (Å²) in [4.78, 5) is 0.226. The third-order valence-electron chi connectivity index (χ3n) is 4.32. The normalized spacial score (nSPS) is 12.1. The molecule has 0 aliphatic rings. The highest BCUT2D eigenvalue weighted by atomic mass is 32.2. The molecule has 0 amide bonds. The minimum atomic E-state index is -3.70. The SMILES string of the molecule is Cc1ccc(S(=O)(=O)n2ccc3cc(NC=C(C#N)c4nn[nH]n4)ccc32)cc1. The Bertz CT molecular complexity index is 1350. The molecule has 2 aromatic heterocycles. The van der Waals surface area contributed by atoms with Crippen LogP contribution in [0.2, 0.25) is 0 Å². The zero-order valence-electron chi connectivity index (χ0n) is 15.2.